The molecular formula is C40H54Br4O5S. The minimum Gasteiger partial charge on any atom is -0.489 e. The minimum atomic E-state index is -3.76. The van der Waals surface area contributed by atoms with Crippen molar-refractivity contribution in [3.8, 4) is 17.2 Å². The molecule has 10 heteroatoms. The zero-order valence-corrected chi connectivity index (χ0v) is 36.7. The van der Waals surface area contributed by atoms with E-state index < -0.39 is 10.1 Å². The van der Waals surface area contributed by atoms with Crippen LogP contribution in [-0.2, 0) is 44.7 Å². The van der Waals surface area contributed by atoms with Crippen molar-refractivity contribution in [2.75, 3.05) is 5.75 Å². The second-order valence-electron chi connectivity index (χ2n) is 13.0. The second-order valence-corrected chi connectivity index (χ2v) is 16.9. The third-order valence-electron chi connectivity index (χ3n) is 8.48. The highest BCUT2D eigenvalue weighted by molar-refractivity contribution is 9.09. The van der Waals surface area contributed by atoms with Crippen LogP contribution in [0.2, 0.25) is 0 Å². The number of unbranched alkanes of at least 4 members (excludes halogenated alkanes) is 13. The fourth-order valence-corrected chi connectivity index (χ4v) is 8.20. The van der Waals surface area contributed by atoms with Crippen LogP contribution in [0.5, 0.6) is 17.2 Å². The van der Waals surface area contributed by atoms with Gasteiger partial charge in [-0.1, -0.05) is 166 Å². The Morgan fingerprint density at radius 3 is 1.12 bits per heavy atom. The summed E-state index contributed by atoms with van der Waals surface area (Å²) in [5.41, 5.74) is 6.07. The number of benzene rings is 3. The van der Waals surface area contributed by atoms with Gasteiger partial charge >= 0.3 is 10.1 Å². The predicted octanol–water partition coefficient (Wildman–Crippen LogP) is 13.6. The fraction of sp³-hybridized carbons (Fsp3) is 0.550. The lowest BCUT2D eigenvalue weighted by Gasteiger charge is -2.14. The number of alkyl halides is 4. The average Bonchev–Trinajstić information content (AvgIpc) is 3.12. The van der Waals surface area contributed by atoms with Gasteiger partial charge < -0.3 is 13.7 Å². The van der Waals surface area contributed by atoms with Gasteiger partial charge in [0.15, 0.2) is 0 Å². The largest absolute Gasteiger partial charge is 0.489 e. The summed E-state index contributed by atoms with van der Waals surface area (Å²) in [6.45, 7) is 2.77. The monoisotopic (exact) mass is 962 g/mol. The molecule has 0 saturated carbocycles. The molecule has 0 aliphatic heterocycles. The Morgan fingerprint density at radius 1 is 0.440 bits per heavy atom. The summed E-state index contributed by atoms with van der Waals surface area (Å²) in [7, 11) is -3.76. The smallest absolute Gasteiger partial charge is 0.309 e. The normalized spacial score (nSPS) is 11.5. The van der Waals surface area contributed by atoms with E-state index in [0.717, 1.165) is 85.5 Å². The molecule has 5 nitrogen and oxygen atoms in total. The molecular weight excluding hydrogens is 912 g/mol. The molecule has 0 atom stereocenters. The molecule has 0 aromatic heterocycles. The van der Waals surface area contributed by atoms with Crippen LogP contribution in [0.25, 0.3) is 0 Å². The molecule has 0 amide bonds. The van der Waals surface area contributed by atoms with Crippen LogP contribution in [0.1, 0.15) is 130 Å². The van der Waals surface area contributed by atoms with E-state index in [9.17, 15) is 8.42 Å². The second kappa shape index (κ2) is 25.0. The van der Waals surface area contributed by atoms with Gasteiger partial charge in [0.2, 0.25) is 0 Å². The van der Waals surface area contributed by atoms with E-state index >= 15 is 0 Å². The van der Waals surface area contributed by atoms with E-state index in [1.165, 1.54) is 64.2 Å². The van der Waals surface area contributed by atoms with Crippen molar-refractivity contribution in [3.05, 3.63) is 88.0 Å². The Kier molecular flexibility index (Phi) is 21.7. The lowest BCUT2D eigenvalue weighted by atomic mass is 10.0. The van der Waals surface area contributed by atoms with Crippen LogP contribution in [0, 0.1) is 0 Å². The molecule has 0 N–H and O–H groups in total. The summed E-state index contributed by atoms with van der Waals surface area (Å²) in [6, 6.07) is 17.7. The van der Waals surface area contributed by atoms with Gasteiger partial charge in [-0.3, -0.25) is 0 Å². The van der Waals surface area contributed by atoms with Crippen molar-refractivity contribution < 1.29 is 22.1 Å². The Balaban J connectivity index is 1.56. The maximum absolute atomic E-state index is 13.1. The molecule has 0 heterocycles. The van der Waals surface area contributed by atoms with Crippen molar-refractivity contribution >= 4 is 73.8 Å². The summed E-state index contributed by atoms with van der Waals surface area (Å²) < 4.78 is 44.2. The van der Waals surface area contributed by atoms with Crippen molar-refractivity contribution in [2.24, 2.45) is 0 Å². The number of hydrogen-bond acceptors (Lipinski definition) is 5. The first-order chi connectivity index (χ1) is 24.3. The number of rotatable bonds is 27. The topological polar surface area (TPSA) is 61.8 Å². The molecule has 0 aliphatic carbocycles. The highest BCUT2D eigenvalue weighted by Crippen LogP contribution is 2.27. The zero-order chi connectivity index (χ0) is 36.0. The van der Waals surface area contributed by atoms with Crippen molar-refractivity contribution in [3.63, 3.8) is 0 Å². The highest BCUT2D eigenvalue weighted by Gasteiger charge is 2.15. The van der Waals surface area contributed by atoms with Crippen LogP contribution >= 0.6 is 63.7 Å². The maximum Gasteiger partial charge on any atom is 0.309 e. The molecule has 0 spiro atoms. The van der Waals surface area contributed by atoms with Crippen LogP contribution in [0.4, 0.5) is 0 Å². The lowest BCUT2D eigenvalue weighted by molar-refractivity contribution is 0.298. The van der Waals surface area contributed by atoms with E-state index in [0.29, 0.717) is 6.42 Å². The standard InChI is InChI=1S/C40H54Br4O5S/c1-2-3-4-5-6-7-8-9-10-11-12-13-14-15-16-50(45,46)49-40-24-36(30-47-38-20-32(26-41)17-33(21-38)27-42)19-37(25-40)31-48-39-22-34(28-43)18-35(23-39)29-44/h17-25H,2-16,26-31H2,1H3. The summed E-state index contributed by atoms with van der Waals surface area (Å²) in [4.78, 5) is 0. The van der Waals surface area contributed by atoms with Crippen LogP contribution < -0.4 is 13.7 Å². The molecule has 0 aliphatic rings. The molecule has 3 rings (SSSR count). The predicted molar refractivity (Wildman–Crippen MR) is 223 cm³/mol. The molecule has 0 saturated heterocycles. The Labute approximate surface area is 335 Å². The molecule has 0 radical (unpaired) electrons. The lowest BCUT2D eigenvalue weighted by Crippen LogP contribution is -2.14. The number of hydrogen-bond donors (Lipinski definition) is 0. The van der Waals surface area contributed by atoms with E-state index in [2.05, 4.69) is 82.8 Å². The van der Waals surface area contributed by atoms with Gasteiger partial charge in [0.1, 0.15) is 30.5 Å². The first-order valence-electron chi connectivity index (χ1n) is 18.1. The first-order valence-corrected chi connectivity index (χ1v) is 24.1. The first kappa shape index (κ1) is 43.3. The van der Waals surface area contributed by atoms with Gasteiger partial charge in [-0.25, -0.2) is 0 Å². The van der Waals surface area contributed by atoms with Gasteiger partial charge in [-0.15, -0.1) is 0 Å². The maximum atomic E-state index is 13.1. The Bertz CT molecular complexity index is 1390. The van der Waals surface area contributed by atoms with Crippen LogP contribution in [-0.4, -0.2) is 14.2 Å². The van der Waals surface area contributed by atoms with Gasteiger partial charge in [-0.2, -0.15) is 8.42 Å². The van der Waals surface area contributed by atoms with E-state index in [4.69, 9.17) is 13.7 Å². The third kappa shape index (κ3) is 17.6. The van der Waals surface area contributed by atoms with Crippen molar-refractivity contribution in [1.82, 2.24) is 0 Å². The number of ether oxygens (including phenoxy) is 2. The number of halogens is 4. The third-order valence-corrected chi connectivity index (χ3v) is 12.3. The van der Waals surface area contributed by atoms with Gasteiger partial charge in [0.05, 0.1) is 5.75 Å². The van der Waals surface area contributed by atoms with Crippen LogP contribution in [0.15, 0.2) is 54.6 Å². The Morgan fingerprint density at radius 2 is 0.760 bits per heavy atom. The van der Waals surface area contributed by atoms with Gasteiger partial charge in [0.25, 0.3) is 0 Å². The SMILES string of the molecule is CCCCCCCCCCCCCCCCS(=O)(=O)Oc1cc(COc2cc(CBr)cc(CBr)c2)cc(COc2cc(CBr)cc(CBr)c2)c1. The molecule has 0 bridgehead atoms. The van der Waals surface area contributed by atoms with E-state index in [-0.39, 0.29) is 24.7 Å². The van der Waals surface area contributed by atoms with Crippen LogP contribution in [0.3, 0.4) is 0 Å². The summed E-state index contributed by atoms with van der Waals surface area (Å²) in [5, 5.41) is 2.89. The molecule has 50 heavy (non-hydrogen) atoms. The minimum absolute atomic E-state index is 0.000901. The molecule has 3 aromatic carbocycles. The van der Waals surface area contributed by atoms with E-state index in [1.807, 2.05) is 30.3 Å². The summed E-state index contributed by atoms with van der Waals surface area (Å²) in [5.74, 6) is 1.78. The quantitative estimate of drug-likeness (QED) is 0.0433. The fourth-order valence-electron chi connectivity index (χ4n) is 5.87. The van der Waals surface area contributed by atoms with Crippen molar-refractivity contribution in [2.45, 2.75) is 131 Å². The molecule has 0 unspecified atom stereocenters. The molecule has 3 aromatic rings. The van der Waals surface area contributed by atoms with Crippen molar-refractivity contribution in [1.29, 1.82) is 0 Å². The summed E-state index contributed by atoms with van der Waals surface area (Å²) in [6.07, 6.45) is 17.0. The van der Waals surface area contributed by atoms with Gasteiger partial charge in [-0.05, 0) is 82.3 Å². The molecule has 278 valence electrons. The molecule has 0 fully saturated rings. The average molecular weight is 967 g/mol. The van der Waals surface area contributed by atoms with Gasteiger partial charge in [0, 0.05) is 21.3 Å². The zero-order valence-electron chi connectivity index (χ0n) is 29.5. The Hall–Kier alpha value is -1.07. The van der Waals surface area contributed by atoms with E-state index in [1.54, 1.807) is 12.1 Å². The summed E-state index contributed by atoms with van der Waals surface area (Å²) >= 11 is 14.2. The highest BCUT2D eigenvalue weighted by atomic mass is 79.9.